The van der Waals surface area contributed by atoms with Crippen molar-refractivity contribution in [2.24, 2.45) is 0 Å². The molecular weight excluding hydrogens is 290 g/mol. The molecule has 0 fully saturated rings. The maximum absolute atomic E-state index is 10.8. The standard InChI is InChI=1S/C11H8BrNO2S/c1-6-7(11(14)15)2-3-8(13-6)9-4-5-10(12)16-9/h2-5H,1H3,(H,14,15). The number of pyridine rings is 1. The molecule has 0 atom stereocenters. The van der Waals surface area contributed by atoms with Gasteiger partial charge in [0.05, 0.1) is 25.6 Å². The van der Waals surface area contributed by atoms with Crippen LogP contribution in [0.1, 0.15) is 16.1 Å². The number of aromatic nitrogens is 1. The van der Waals surface area contributed by atoms with Crippen LogP contribution in [0.3, 0.4) is 0 Å². The van der Waals surface area contributed by atoms with Crippen LogP contribution in [0.15, 0.2) is 28.1 Å². The number of aryl methyl sites for hydroxylation is 1. The Hall–Kier alpha value is -1.20. The van der Waals surface area contributed by atoms with Gasteiger partial charge in [-0.1, -0.05) is 0 Å². The van der Waals surface area contributed by atoms with E-state index in [9.17, 15) is 4.79 Å². The van der Waals surface area contributed by atoms with Crippen molar-refractivity contribution in [1.82, 2.24) is 4.98 Å². The van der Waals surface area contributed by atoms with Gasteiger partial charge in [0, 0.05) is 0 Å². The van der Waals surface area contributed by atoms with E-state index in [-0.39, 0.29) is 5.56 Å². The van der Waals surface area contributed by atoms with Crippen molar-refractivity contribution in [1.29, 1.82) is 0 Å². The van der Waals surface area contributed by atoms with Gasteiger partial charge < -0.3 is 5.11 Å². The van der Waals surface area contributed by atoms with Crippen LogP contribution in [0.25, 0.3) is 10.6 Å². The van der Waals surface area contributed by atoms with Crippen molar-refractivity contribution in [2.75, 3.05) is 0 Å². The van der Waals surface area contributed by atoms with Crippen molar-refractivity contribution < 1.29 is 9.90 Å². The first-order valence-electron chi connectivity index (χ1n) is 4.54. The first kappa shape index (κ1) is 11.3. The van der Waals surface area contributed by atoms with E-state index < -0.39 is 5.97 Å². The average Bonchev–Trinajstić information content (AvgIpc) is 2.64. The zero-order valence-corrected chi connectivity index (χ0v) is 10.8. The lowest BCUT2D eigenvalue weighted by Gasteiger charge is -2.02. The van der Waals surface area contributed by atoms with E-state index in [2.05, 4.69) is 20.9 Å². The van der Waals surface area contributed by atoms with Gasteiger partial charge in [-0.05, 0) is 47.1 Å². The van der Waals surface area contributed by atoms with E-state index in [4.69, 9.17) is 5.11 Å². The van der Waals surface area contributed by atoms with Gasteiger partial charge in [-0.25, -0.2) is 4.79 Å². The third kappa shape index (κ3) is 2.15. The van der Waals surface area contributed by atoms with Crippen molar-refractivity contribution in [3.8, 4) is 10.6 Å². The predicted octanol–water partition coefficient (Wildman–Crippen LogP) is 3.58. The molecule has 16 heavy (non-hydrogen) atoms. The number of carboxylic acid groups (broad SMARTS) is 1. The molecule has 0 saturated carbocycles. The van der Waals surface area contributed by atoms with Gasteiger partial charge in [-0.2, -0.15) is 0 Å². The Morgan fingerprint density at radius 1 is 1.38 bits per heavy atom. The lowest BCUT2D eigenvalue weighted by molar-refractivity contribution is 0.0695. The highest BCUT2D eigenvalue weighted by Gasteiger charge is 2.10. The molecule has 0 bridgehead atoms. The third-order valence-electron chi connectivity index (χ3n) is 2.14. The fraction of sp³-hybridized carbons (Fsp3) is 0.0909. The normalized spacial score (nSPS) is 10.4. The molecule has 2 aromatic rings. The average molecular weight is 298 g/mol. The summed E-state index contributed by atoms with van der Waals surface area (Å²) in [5, 5.41) is 8.89. The summed E-state index contributed by atoms with van der Waals surface area (Å²) in [6.45, 7) is 1.70. The monoisotopic (exact) mass is 297 g/mol. The maximum Gasteiger partial charge on any atom is 0.337 e. The van der Waals surface area contributed by atoms with E-state index in [0.717, 1.165) is 14.4 Å². The van der Waals surface area contributed by atoms with Gasteiger partial charge in [0.2, 0.25) is 0 Å². The first-order valence-corrected chi connectivity index (χ1v) is 6.15. The molecule has 0 aliphatic heterocycles. The van der Waals surface area contributed by atoms with E-state index in [0.29, 0.717) is 5.69 Å². The predicted molar refractivity (Wildman–Crippen MR) is 66.9 cm³/mol. The summed E-state index contributed by atoms with van der Waals surface area (Å²) >= 11 is 4.95. The Morgan fingerprint density at radius 3 is 2.62 bits per heavy atom. The molecule has 0 aliphatic carbocycles. The second kappa shape index (κ2) is 4.35. The largest absolute Gasteiger partial charge is 0.478 e. The fourth-order valence-corrected chi connectivity index (χ4v) is 2.73. The smallest absolute Gasteiger partial charge is 0.337 e. The van der Waals surface area contributed by atoms with Crippen molar-refractivity contribution in [2.45, 2.75) is 6.92 Å². The summed E-state index contributed by atoms with van der Waals surface area (Å²) in [6, 6.07) is 7.22. The topological polar surface area (TPSA) is 50.2 Å². The molecule has 5 heteroatoms. The van der Waals surface area contributed by atoms with Gasteiger partial charge in [-0.15, -0.1) is 11.3 Å². The minimum Gasteiger partial charge on any atom is -0.478 e. The summed E-state index contributed by atoms with van der Waals surface area (Å²) < 4.78 is 1.03. The molecule has 1 N–H and O–H groups in total. The summed E-state index contributed by atoms with van der Waals surface area (Å²) in [4.78, 5) is 16.1. The number of halogens is 1. The molecule has 82 valence electrons. The van der Waals surface area contributed by atoms with Crippen LogP contribution in [-0.4, -0.2) is 16.1 Å². The summed E-state index contributed by atoms with van der Waals surface area (Å²) in [7, 11) is 0. The number of thiophene rings is 1. The Bertz CT molecular complexity index is 551. The van der Waals surface area contributed by atoms with Crippen LogP contribution in [-0.2, 0) is 0 Å². The number of aromatic carboxylic acids is 1. The molecule has 0 amide bonds. The van der Waals surface area contributed by atoms with Crippen LogP contribution in [0.2, 0.25) is 0 Å². The molecule has 0 aliphatic rings. The van der Waals surface area contributed by atoms with Crippen molar-refractivity contribution in [3.05, 3.63) is 39.3 Å². The van der Waals surface area contributed by atoms with Gasteiger partial charge in [0.1, 0.15) is 0 Å². The molecule has 0 radical (unpaired) electrons. The van der Waals surface area contributed by atoms with Crippen molar-refractivity contribution in [3.63, 3.8) is 0 Å². The lowest BCUT2D eigenvalue weighted by Crippen LogP contribution is -2.01. The first-order chi connectivity index (χ1) is 7.58. The number of carboxylic acids is 1. The van der Waals surface area contributed by atoms with Crippen molar-refractivity contribution >= 4 is 33.2 Å². The maximum atomic E-state index is 10.8. The molecule has 0 spiro atoms. The highest BCUT2D eigenvalue weighted by atomic mass is 79.9. The van der Waals surface area contributed by atoms with Crippen LogP contribution in [0.5, 0.6) is 0 Å². The molecule has 0 saturated heterocycles. The molecule has 3 nitrogen and oxygen atoms in total. The summed E-state index contributed by atoms with van der Waals surface area (Å²) in [5.41, 5.74) is 1.59. The lowest BCUT2D eigenvalue weighted by atomic mass is 10.2. The Balaban J connectivity index is 2.45. The molecule has 0 aromatic carbocycles. The van der Waals surface area contributed by atoms with Crippen LogP contribution in [0, 0.1) is 6.92 Å². The highest BCUT2D eigenvalue weighted by molar-refractivity contribution is 9.11. The Morgan fingerprint density at radius 2 is 2.12 bits per heavy atom. The fourth-order valence-electron chi connectivity index (χ4n) is 1.38. The van der Waals surface area contributed by atoms with Gasteiger partial charge in [0.25, 0.3) is 0 Å². The van der Waals surface area contributed by atoms with E-state index in [1.165, 1.54) is 0 Å². The second-order valence-electron chi connectivity index (χ2n) is 3.24. The molecule has 2 aromatic heterocycles. The quantitative estimate of drug-likeness (QED) is 0.922. The second-order valence-corrected chi connectivity index (χ2v) is 5.70. The van der Waals surface area contributed by atoms with E-state index >= 15 is 0 Å². The zero-order chi connectivity index (χ0) is 11.7. The van der Waals surface area contributed by atoms with E-state index in [1.807, 2.05) is 12.1 Å². The minimum absolute atomic E-state index is 0.249. The number of carbonyl (C=O) groups is 1. The van der Waals surface area contributed by atoms with Gasteiger partial charge in [0.15, 0.2) is 0 Å². The van der Waals surface area contributed by atoms with Gasteiger partial charge >= 0.3 is 5.97 Å². The Kier molecular flexibility index (Phi) is 3.07. The number of hydrogen-bond donors (Lipinski definition) is 1. The molecule has 2 rings (SSSR count). The number of rotatable bonds is 2. The van der Waals surface area contributed by atoms with Gasteiger partial charge in [-0.3, -0.25) is 4.98 Å². The highest BCUT2D eigenvalue weighted by Crippen LogP contribution is 2.30. The number of nitrogens with zero attached hydrogens (tertiary/aromatic N) is 1. The minimum atomic E-state index is -0.941. The summed E-state index contributed by atoms with van der Waals surface area (Å²) in [5.74, 6) is -0.941. The Labute approximate surface area is 105 Å². The van der Waals surface area contributed by atoms with Crippen LogP contribution < -0.4 is 0 Å². The summed E-state index contributed by atoms with van der Waals surface area (Å²) in [6.07, 6.45) is 0. The molecule has 2 heterocycles. The molecular formula is C11H8BrNO2S. The van der Waals surface area contributed by atoms with E-state index in [1.54, 1.807) is 30.4 Å². The number of hydrogen-bond acceptors (Lipinski definition) is 3. The third-order valence-corrected chi connectivity index (χ3v) is 3.79. The van der Waals surface area contributed by atoms with Crippen LogP contribution >= 0.6 is 27.3 Å². The SMILES string of the molecule is Cc1nc(-c2ccc(Br)s2)ccc1C(=O)O. The van der Waals surface area contributed by atoms with Crippen LogP contribution in [0.4, 0.5) is 0 Å². The zero-order valence-electron chi connectivity index (χ0n) is 8.40. The molecule has 0 unspecified atom stereocenters.